The van der Waals surface area contributed by atoms with Gasteiger partial charge >= 0.3 is 0 Å². The Morgan fingerprint density at radius 2 is 1.86 bits per heavy atom. The third-order valence-electron chi connectivity index (χ3n) is 3.59. The van der Waals surface area contributed by atoms with Crippen LogP contribution < -0.4 is 16.2 Å². The molecule has 118 valence electrons. The summed E-state index contributed by atoms with van der Waals surface area (Å²) in [6.45, 7) is 0. The molecule has 5 nitrogen and oxygen atoms in total. The fourth-order valence-electron chi connectivity index (χ4n) is 2.43. The molecule has 1 aromatic rings. The number of amides is 2. The molecular weight excluding hydrogens is 322 g/mol. The minimum atomic E-state index is -0.378. The van der Waals surface area contributed by atoms with Crippen LogP contribution in [-0.2, 0) is 4.79 Å². The molecule has 0 spiro atoms. The molecule has 2 rings (SSSR count). The van der Waals surface area contributed by atoms with E-state index in [1.54, 1.807) is 24.3 Å². The lowest BCUT2D eigenvalue weighted by Gasteiger charge is -2.21. The molecule has 1 aliphatic carbocycles. The van der Waals surface area contributed by atoms with E-state index in [1.807, 2.05) is 0 Å². The van der Waals surface area contributed by atoms with Gasteiger partial charge in [0.1, 0.15) is 0 Å². The maximum atomic E-state index is 12.0. The smallest absolute Gasteiger partial charge is 0.269 e. The zero-order chi connectivity index (χ0) is 15.9. The summed E-state index contributed by atoms with van der Waals surface area (Å²) in [5.41, 5.74) is 5.36. The topological polar surface area (TPSA) is 70.2 Å². The normalized spacial score (nSPS) is 15.0. The van der Waals surface area contributed by atoms with E-state index < -0.39 is 0 Å². The number of rotatable bonds is 2. The van der Waals surface area contributed by atoms with Crippen LogP contribution in [-0.4, -0.2) is 16.9 Å². The van der Waals surface area contributed by atoms with E-state index in [2.05, 4.69) is 16.2 Å². The molecule has 1 fully saturated rings. The standard InChI is InChI=1S/C15H18ClN3O2S/c16-12-8-4-7-11(9-12)14(21)18-19-15(22)17-13(20)10-5-2-1-3-6-10/h4,7-10H,1-3,5-6H2,(H,18,21)(H2,17,19,20,22). The van der Waals surface area contributed by atoms with Crippen molar-refractivity contribution >= 4 is 40.7 Å². The lowest BCUT2D eigenvalue weighted by molar-refractivity contribution is -0.124. The van der Waals surface area contributed by atoms with Crippen LogP contribution in [0.5, 0.6) is 0 Å². The van der Waals surface area contributed by atoms with Gasteiger partial charge in [0, 0.05) is 16.5 Å². The molecule has 0 radical (unpaired) electrons. The Kier molecular flexibility index (Phi) is 6.15. The predicted octanol–water partition coefficient (Wildman–Crippen LogP) is 2.56. The van der Waals surface area contributed by atoms with E-state index in [9.17, 15) is 9.59 Å². The van der Waals surface area contributed by atoms with Crippen molar-refractivity contribution in [1.82, 2.24) is 16.2 Å². The lowest BCUT2D eigenvalue weighted by atomic mass is 9.89. The van der Waals surface area contributed by atoms with Gasteiger partial charge in [0.15, 0.2) is 5.11 Å². The van der Waals surface area contributed by atoms with Crippen molar-refractivity contribution in [2.24, 2.45) is 5.92 Å². The van der Waals surface area contributed by atoms with E-state index in [0.717, 1.165) is 25.7 Å². The Morgan fingerprint density at radius 1 is 1.14 bits per heavy atom. The summed E-state index contributed by atoms with van der Waals surface area (Å²) in [6.07, 6.45) is 5.11. The summed E-state index contributed by atoms with van der Waals surface area (Å²) in [7, 11) is 0. The van der Waals surface area contributed by atoms with Crippen molar-refractivity contribution in [2.45, 2.75) is 32.1 Å². The number of thiocarbonyl (C=S) groups is 1. The average molecular weight is 340 g/mol. The van der Waals surface area contributed by atoms with Gasteiger partial charge in [0.05, 0.1) is 0 Å². The minimum absolute atomic E-state index is 0.0112. The molecule has 1 saturated carbocycles. The van der Waals surface area contributed by atoms with Crippen molar-refractivity contribution in [3.8, 4) is 0 Å². The summed E-state index contributed by atoms with van der Waals surface area (Å²) in [4.78, 5) is 23.9. The molecule has 0 atom stereocenters. The molecule has 0 saturated heterocycles. The quantitative estimate of drug-likeness (QED) is 0.572. The molecule has 0 heterocycles. The van der Waals surface area contributed by atoms with Gasteiger partial charge in [-0.25, -0.2) is 0 Å². The number of nitrogens with one attached hydrogen (secondary N) is 3. The molecule has 3 N–H and O–H groups in total. The molecule has 0 aliphatic heterocycles. The first-order valence-corrected chi connectivity index (χ1v) is 8.01. The van der Waals surface area contributed by atoms with Crippen LogP contribution >= 0.6 is 23.8 Å². The van der Waals surface area contributed by atoms with Crippen LogP contribution in [0, 0.1) is 5.92 Å². The second-order valence-electron chi connectivity index (χ2n) is 5.24. The SMILES string of the molecule is O=C(NNC(=S)NC(=O)C1CCCCC1)c1cccc(Cl)c1. The highest BCUT2D eigenvalue weighted by Gasteiger charge is 2.21. The zero-order valence-electron chi connectivity index (χ0n) is 12.0. The van der Waals surface area contributed by atoms with Gasteiger partial charge in [0.25, 0.3) is 5.91 Å². The third kappa shape index (κ3) is 4.96. The van der Waals surface area contributed by atoms with E-state index in [-0.39, 0.29) is 22.8 Å². The first-order chi connectivity index (χ1) is 10.6. The molecule has 0 bridgehead atoms. The lowest BCUT2D eigenvalue weighted by Crippen LogP contribution is -2.49. The van der Waals surface area contributed by atoms with Gasteiger partial charge in [-0.2, -0.15) is 0 Å². The highest BCUT2D eigenvalue weighted by atomic mass is 35.5. The fraction of sp³-hybridized carbons (Fsp3) is 0.400. The highest BCUT2D eigenvalue weighted by molar-refractivity contribution is 7.80. The highest BCUT2D eigenvalue weighted by Crippen LogP contribution is 2.23. The van der Waals surface area contributed by atoms with Crippen LogP contribution in [0.3, 0.4) is 0 Å². The fourth-order valence-corrected chi connectivity index (χ4v) is 2.77. The number of halogens is 1. The first kappa shape index (κ1) is 16.7. The summed E-state index contributed by atoms with van der Waals surface area (Å²) in [6, 6.07) is 6.54. The number of carbonyl (C=O) groups is 2. The van der Waals surface area contributed by atoms with Crippen LogP contribution in [0.15, 0.2) is 24.3 Å². The summed E-state index contributed by atoms with van der Waals surface area (Å²) >= 11 is 10.8. The largest absolute Gasteiger partial charge is 0.302 e. The van der Waals surface area contributed by atoms with Gasteiger partial charge in [-0.15, -0.1) is 0 Å². The molecule has 0 aromatic heterocycles. The summed E-state index contributed by atoms with van der Waals surface area (Å²) in [5, 5.41) is 3.17. The Morgan fingerprint density at radius 3 is 2.55 bits per heavy atom. The van der Waals surface area contributed by atoms with Crippen LogP contribution in [0.2, 0.25) is 5.02 Å². The summed E-state index contributed by atoms with van der Waals surface area (Å²) in [5.74, 6) is -0.455. The monoisotopic (exact) mass is 339 g/mol. The molecule has 7 heteroatoms. The molecule has 1 aliphatic rings. The molecule has 22 heavy (non-hydrogen) atoms. The van der Waals surface area contributed by atoms with Crippen molar-refractivity contribution in [3.05, 3.63) is 34.9 Å². The van der Waals surface area contributed by atoms with Crippen molar-refractivity contribution < 1.29 is 9.59 Å². The zero-order valence-corrected chi connectivity index (χ0v) is 13.6. The second kappa shape index (κ2) is 8.10. The third-order valence-corrected chi connectivity index (χ3v) is 4.03. The van der Waals surface area contributed by atoms with Crippen LogP contribution in [0.1, 0.15) is 42.5 Å². The van der Waals surface area contributed by atoms with Gasteiger partial charge in [-0.05, 0) is 43.3 Å². The molecule has 0 unspecified atom stereocenters. The number of benzene rings is 1. The van der Waals surface area contributed by atoms with Gasteiger partial charge in [0.2, 0.25) is 5.91 Å². The Bertz CT molecular complexity index is 574. The number of hydrazine groups is 1. The number of hydrogen-bond acceptors (Lipinski definition) is 3. The predicted molar refractivity (Wildman–Crippen MR) is 89.4 cm³/mol. The van der Waals surface area contributed by atoms with Crippen LogP contribution in [0.25, 0.3) is 0 Å². The van der Waals surface area contributed by atoms with E-state index in [1.165, 1.54) is 6.42 Å². The van der Waals surface area contributed by atoms with E-state index in [4.69, 9.17) is 23.8 Å². The van der Waals surface area contributed by atoms with Gasteiger partial charge in [-0.1, -0.05) is 36.9 Å². The Labute approximate surface area is 139 Å². The Hall–Kier alpha value is -1.66. The molecule has 1 aromatic carbocycles. The minimum Gasteiger partial charge on any atom is -0.302 e. The van der Waals surface area contributed by atoms with Crippen molar-refractivity contribution in [3.63, 3.8) is 0 Å². The molecular formula is C15H18ClN3O2S. The maximum Gasteiger partial charge on any atom is 0.269 e. The summed E-state index contributed by atoms with van der Waals surface area (Å²) < 4.78 is 0. The first-order valence-electron chi connectivity index (χ1n) is 7.23. The average Bonchev–Trinajstić information content (AvgIpc) is 2.53. The second-order valence-corrected chi connectivity index (χ2v) is 6.09. The van der Waals surface area contributed by atoms with E-state index in [0.29, 0.717) is 10.6 Å². The number of carbonyl (C=O) groups excluding carboxylic acids is 2. The Balaban J connectivity index is 1.77. The molecule has 2 amide bonds. The van der Waals surface area contributed by atoms with Crippen molar-refractivity contribution in [2.75, 3.05) is 0 Å². The number of hydrogen-bond donors (Lipinski definition) is 3. The van der Waals surface area contributed by atoms with Crippen molar-refractivity contribution in [1.29, 1.82) is 0 Å². The van der Waals surface area contributed by atoms with Crippen LogP contribution in [0.4, 0.5) is 0 Å². The van der Waals surface area contributed by atoms with Gasteiger partial charge < -0.3 is 5.32 Å². The van der Waals surface area contributed by atoms with E-state index >= 15 is 0 Å². The van der Waals surface area contributed by atoms with Gasteiger partial charge in [-0.3, -0.25) is 20.4 Å². The maximum absolute atomic E-state index is 12.0.